The first-order chi connectivity index (χ1) is 13.5. The lowest BCUT2D eigenvalue weighted by Crippen LogP contribution is -2.57. The van der Waals surface area contributed by atoms with Crippen molar-refractivity contribution in [2.45, 2.75) is 70.7 Å². The van der Waals surface area contributed by atoms with E-state index >= 15 is 0 Å². The maximum atomic E-state index is 12.5. The van der Waals surface area contributed by atoms with E-state index in [2.05, 4.69) is 16.0 Å². The fraction of sp³-hybridized carbons (Fsp3) is 0.778. The van der Waals surface area contributed by atoms with E-state index < -0.39 is 54.5 Å². The normalized spacial score (nSPS) is 16.1. The molecule has 0 fully saturated rings. The van der Waals surface area contributed by atoms with Gasteiger partial charge in [0.25, 0.3) is 0 Å². The van der Waals surface area contributed by atoms with Crippen molar-refractivity contribution in [3.05, 3.63) is 0 Å². The highest BCUT2D eigenvalue weighted by molar-refractivity contribution is 5.92. The third-order valence-corrected chi connectivity index (χ3v) is 4.62. The van der Waals surface area contributed by atoms with Crippen LogP contribution in [0, 0.1) is 5.92 Å². The zero-order valence-electron chi connectivity index (χ0n) is 17.3. The number of rotatable bonds is 14. The number of nitrogens with one attached hydrogen (secondary N) is 3. The molecule has 11 heteroatoms. The van der Waals surface area contributed by atoms with Gasteiger partial charge in [0.1, 0.15) is 18.1 Å². The number of aliphatic hydroxyl groups excluding tert-OH is 1. The molecule has 0 saturated carbocycles. The number of hydrogen-bond acceptors (Lipinski definition) is 7. The minimum atomic E-state index is -1.19. The van der Waals surface area contributed by atoms with Crippen molar-refractivity contribution in [3.63, 3.8) is 0 Å². The van der Waals surface area contributed by atoms with Gasteiger partial charge in [-0.15, -0.1) is 0 Å². The van der Waals surface area contributed by atoms with Crippen molar-refractivity contribution in [1.29, 1.82) is 0 Å². The molecule has 0 radical (unpaired) electrons. The molecular weight excluding hydrogens is 382 g/mol. The van der Waals surface area contributed by atoms with Crippen LogP contribution < -0.4 is 27.4 Å². The zero-order valence-corrected chi connectivity index (χ0v) is 17.3. The second kappa shape index (κ2) is 13.9. The maximum Gasteiger partial charge on any atom is 0.326 e. The quantitative estimate of drug-likeness (QED) is 0.158. The summed E-state index contributed by atoms with van der Waals surface area (Å²) >= 11 is 0. The second-order valence-electron chi connectivity index (χ2n) is 7.10. The summed E-state index contributed by atoms with van der Waals surface area (Å²) in [5.41, 5.74) is 11.0. The van der Waals surface area contributed by atoms with Crippen LogP contribution in [-0.2, 0) is 19.2 Å². The molecule has 0 aliphatic heterocycles. The summed E-state index contributed by atoms with van der Waals surface area (Å²) < 4.78 is 0. The number of aliphatic hydroxyl groups is 1. The van der Waals surface area contributed by atoms with Crippen molar-refractivity contribution in [3.8, 4) is 0 Å². The fourth-order valence-electron chi connectivity index (χ4n) is 2.44. The van der Waals surface area contributed by atoms with E-state index in [4.69, 9.17) is 11.5 Å². The molecule has 3 amide bonds. The Morgan fingerprint density at radius 2 is 1.66 bits per heavy atom. The third-order valence-electron chi connectivity index (χ3n) is 4.62. The largest absolute Gasteiger partial charge is 0.480 e. The fourth-order valence-corrected chi connectivity index (χ4v) is 2.44. The Hall–Kier alpha value is -2.24. The summed E-state index contributed by atoms with van der Waals surface area (Å²) in [7, 11) is 0. The molecule has 0 aromatic heterocycles. The van der Waals surface area contributed by atoms with E-state index in [0.717, 1.165) is 0 Å². The first kappa shape index (κ1) is 26.8. The predicted octanol–water partition coefficient (Wildman–Crippen LogP) is -1.96. The highest BCUT2D eigenvalue weighted by atomic mass is 16.4. The number of carboxylic acid groups (broad SMARTS) is 1. The Kier molecular flexibility index (Phi) is 12.8. The lowest BCUT2D eigenvalue weighted by atomic mass is 9.97. The number of aliphatic carboxylic acids is 1. The summed E-state index contributed by atoms with van der Waals surface area (Å²) in [6.07, 6.45) is 0.896. The molecule has 5 atom stereocenters. The van der Waals surface area contributed by atoms with Gasteiger partial charge in [-0.25, -0.2) is 4.79 Å². The van der Waals surface area contributed by atoms with E-state index in [9.17, 15) is 29.4 Å². The van der Waals surface area contributed by atoms with Crippen LogP contribution in [0.25, 0.3) is 0 Å². The Bertz CT molecular complexity index is 557. The average molecular weight is 418 g/mol. The van der Waals surface area contributed by atoms with Crippen LogP contribution in [0.2, 0.25) is 0 Å². The first-order valence-corrected chi connectivity index (χ1v) is 9.79. The standard InChI is InChI=1S/C18H35N5O6/c1-4-10(2)15(23-16(26)14(20)11(3)24)17(27)21-9-13(25)22-12(18(28)29)7-5-6-8-19/h10-12,14-15,24H,4-9,19-20H2,1-3H3,(H,21,27)(H,22,25)(H,23,26)(H,28,29). The van der Waals surface area contributed by atoms with Gasteiger partial charge in [-0.05, 0) is 38.6 Å². The second-order valence-corrected chi connectivity index (χ2v) is 7.10. The topological polar surface area (TPSA) is 197 Å². The van der Waals surface area contributed by atoms with Crippen molar-refractivity contribution in [2.24, 2.45) is 17.4 Å². The lowest BCUT2D eigenvalue weighted by Gasteiger charge is -2.25. The summed E-state index contributed by atoms with van der Waals surface area (Å²) in [5.74, 6) is -3.37. The molecule has 168 valence electrons. The summed E-state index contributed by atoms with van der Waals surface area (Å²) in [6.45, 7) is 4.93. The first-order valence-electron chi connectivity index (χ1n) is 9.79. The Balaban J connectivity index is 4.81. The number of amides is 3. The van der Waals surface area contributed by atoms with Crippen molar-refractivity contribution in [2.75, 3.05) is 13.1 Å². The molecule has 0 aromatic rings. The van der Waals surface area contributed by atoms with E-state index in [1.165, 1.54) is 6.92 Å². The van der Waals surface area contributed by atoms with E-state index in [1.54, 1.807) is 6.92 Å². The van der Waals surface area contributed by atoms with Gasteiger partial charge >= 0.3 is 5.97 Å². The molecule has 0 rings (SSSR count). The van der Waals surface area contributed by atoms with Crippen LogP contribution in [0.5, 0.6) is 0 Å². The molecule has 0 bridgehead atoms. The molecule has 9 N–H and O–H groups in total. The lowest BCUT2D eigenvalue weighted by molar-refractivity contribution is -0.142. The Morgan fingerprint density at radius 1 is 1.03 bits per heavy atom. The Morgan fingerprint density at radius 3 is 2.14 bits per heavy atom. The van der Waals surface area contributed by atoms with Crippen LogP contribution in [0.4, 0.5) is 0 Å². The predicted molar refractivity (Wildman–Crippen MR) is 107 cm³/mol. The van der Waals surface area contributed by atoms with Crippen molar-refractivity contribution in [1.82, 2.24) is 16.0 Å². The van der Waals surface area contributed by atoms with Gasteiger partial charge in [-0.3, -0.25) is 14.4 Å². The van der Waals surface area contributed by atoms with E-state index in [-0.39, 0.29) is 12.3 Å². The van der Waals surface area contributed by atoms with E-state index in [0.29, 0.717) is 25.8 Å². The number of carboxylic acids is 1. The van der Waals surface area contributed by atoms with Gasteiger partial charge in [0.2, 0.25) is 17.7 Å². The smallest absolute Gasteiger partial charge is 0.326 e. The Labute approximate surface area is 171 Å². The number of nitrogens with two attached hydrogens (primary N) is 2. The van der Waals surface area contributed by atoms with Gasteiger partial charge in [0.05, 0.1) is 12.6 Å². The van der Waals surface area contributed by atoms with Gasteiger partial charge < -0.3 is 37.6 Å². The van der Waals surface area contributed by atoms with Crippen LogP contribution in [0.15, 0.2) is 0 Å². The van der Waals surface area contributed by atoms with Crippen molar-refractivity contribution < 1.29 is 29.4 Å². The van der Waals surface area contributed by atoms with Gasteiger partial charge in [0, 0.05) is 0 Å². The molecule has 5 unspecified atom stereocenters. The minimum Gasteiger partial charge on any atom is -0.480 e. The molecule has 0 spiro atoms. The molecule has 29 heavy (non-hydrogen) atoms. The minimum absolute atomic E-state index is 0.231. The molecule has 11 nitrogen and oxygen atoms in total. The van der Waals surface area contributed by atoms with Crippen LogP contribution in [-0.4, -0.2) is 71.2 Å². The molecule has 0 aliphatic rings. The molecule has 0 saturated heterocycles. The van der Waals surface area contributed by atoms with Crippen LogP contribution in [0.1, 0.15) is 46.5 Å². The highest BCUT2D eigenvalue weighted by Crippen LogP contribution is 2.08. The summed E-state index contributed by atoms with van der Waals surface area (Å²) in [5, 5.41) is 25.8. The monoisotopic (exact) mass is 417 g/mol. The van der Waals surface area contributed by atoms with Gasteiger partial charge in [0.15, 0.2) is 0 Å². The van der Waals surface area contributed by atoms with Gasteiger partial charge in [-0.2, -0.15) is 0 Å². The molecular formula is C18H35N5O6. The molecule has 0 aromatic carbocycles. The van der Waals surface area contributed by atoms with Gasteiger partial charge in [-0.1, -0.05) is 20.3 Å². The maximum absolute atomic E-state index is 12.5. The third kappa shape index (κ3) is 10.2. The number of unbranched alkanes of at least 4 members (excludes halogenated alkanes) is 1. The number of hydrogen-bond donors (Lipinski definition) is 7. The SMILES string of the molecule is CCC(C)C(NC(=O)C(N)C(C)O)C(=O)NCC(=O)NC(CCCCN)C(=O)O. The van der Waals surface area contributed by atoms with Crippen molar-refractivity contribution >= 4 is 23.7 Å². The van der Waals surface area contributed by atoms with Crippen LogP contribution >= 0.6 is 0 Å². The van der Waals surface area contributed by atoms with Crippen LogP contribution in [0.3, 0.4) is 0 Å². The highest BCUT2D eigenvalue weighted by Gasteiger charge is 2.29. The number of carbonyl (C=O) groups excluding carboxylic acids is 3. The summed E-state index contributed by atoms with van der Waals surface area (Å²) in [4.78, 5) is 47.8. The number of carbonyl (C=O) groups is 4. The molecule has 0 aliphatic carbocycles. The molecule has 0 heterocycles. The zero-order chi connectivity index (χ0) is 22.6. The summed E-state index contributed by atoms with van der Waals surface area (Å²) in [6, 6.07) is -3.22. The average Bonchev–Trinajstić information content (AvgIpc) is 2.67. The van der Waals surface area contributed by atoms with E-state index in [1.807, 2.05) is 6.92 Å².